The summed E-state index contributed by atoms with van der Waals surface area (Å²) in [6, 6.07) is 6.54. The number of carbonyl (C=O) groups is 1. The number of halogens is 3. The van der Waals surface area contributed by atoms with Crippen LogP contribution in [0.3, 0.4) is 0 Å². The summed E-state index contributed by atoms with van der Waals surface area (Å²) in [6.07, 6.45) is -3.99. The van der Waals surface area contributed by atoms with Crippen LogP contribution in [0.25, 0.3) is 0 Å². The van der Waals surface area contributed by atoms with E-state index in [4.69, 9.17) is 9.88 Å². The number of hydrogen-bond donors (Lipinski definition) is 2. The number of sulfonamides is 1. The Labute approximate surface area is 160 Å². The standard InChI is InChI=1S/C18H19F3N2O4S/c1-3-8-27-15-7-6-13(18(19,20)21)10-14(15)23-17(24)12-5-4-11(2)16(9-12)28(22,25)26/h4-7,9-10H,3,8H2,1-2H3,(H,23,24)(H2,22,25,26). The number of primary sulfonamides is 1. The van der Waals surface area contributed by atoms with Crippen LogP contribution in [0.1, 0.15) is 34.8 Å². The number of hydrogen-bond acceptors (Lipinski definition) is 4. The van der Waals surface area contributed by atoms with Crippen LogP contribution in [0.4, 0.5) is 18.9 Å². The molecule has 28 heavy (non-hydrogen) atoms. The van der Waals surface area contributed by atoms with Crippen molar-refractivity contribution >= 4 is 21.6 Å². The summed E-state index contributed by atoms with van der Waals surface area (Å²) in [5, 5.41) is 7.47. The predicted octanol–water partition coefficient (Wildman–Crippen LogP) is 3.70. The van der Waals surface area contributed by atoms with Crippen molar-refractivity contribution in [3.8, 4) is 5.75 Å². The van der Waals surface area contributed by atoms with E-state index in [2.05, 4.69) is 5.32 Å². The molecule has 10 heteroatoms. The molecule has 0 aliphatic heterocycles. The first-order chi connectivity index (χ1) is 12.9. The minimum absolute atomic E-state index is 0.0713. The van der Waals surface area contributed by atoms with Crippen LogP contribution in [0.5, 0.6) is 5.75 Å². The molecule has 0 aliphatic rings. The van der Waals surface area contributed by atoms with E-state index in [0.29, 0.717) is 12.0 Å². The Morgan fingerprint density at radius 2 is 1.86 bits per heavy atom. The normalized spacial score (nSPS) is 11.9. The van der Waals surface area contributed by atoms with Gasteiger partial charge in [0.2, 0.25) is 10.0 Å². The van der Waals surface area contributed by atoms with Crippen LogP contribution in [-0.4, -0.2) is 20.9 Å². The first-order valence-corrected chi connectivity index (χ1v) is 9.77. The van der Waals surface area contributed by atoms with Gasteiger partial charge in [-0.05, 0) is 49.2 Å². The van der Waals surface area contributed by atoms with Crippen molar-refractivity contribution in [3.63, 3.8) is 0 Å². The van der Waals surface area contributed by atoms with E-state index in [0.717, 1.165) is 24.3 Å². The second-order valence-electron chi connectivity index (χ2n) is 6.04. The second-order valence-corrected chi connectivity index (χ2v) is 7.57. The monoisotopic (exact) mass is 416 g/mol. The number of anilines is 1. The summed E-state index contributed by atoms with van der Waals surface area (Å²) in [6.45, 7) is 3.57. The number of aryl methyl sites for hydroxylation is 1. The molecule has 2 aromatic carbocycles. The fraction of sp³-hybridized carbons (Fsp3) is 0.278. The summed E-state index contributed by atoms with van der Waals surface area (Å²) in [7, 11) is -4.06. The van der Waals surface area contributed by atoms with E-state index in [-0.39, 0.29) is 28.5 Å². The van der Waals surface area contributed by atoms with Crippen LogP contribution in [-0.2, 0) is 16.2 Å². The van der Waals surface area contributed by atoms with Gasteiger partial charge in [-0.1, -0.05) is 13.0 Å². The summed E-state index contributed by atoms with van der Waals surface area (Å²) >= 11 is 0. The number of ether oxygens (including phenoxy) is 1. The van der Waals surface area contributed by atoms with Gasteiger partial charge in [-0.25, -0.2) is 13.6 Å². The molecule has 3 N–H and O–H groups in total. The Balaban J connectivity index is 2.42. The molecule has 0 heterocycles. The molecule has 0 saturated carbocycles. The molecule has 2 rings (SSSR count). The molecular weight excluding hydrogens is 397 g/mol. The fourth-order valence-corrected chi connectivity index (χ4v) is 3.19. The number of carbonyl (C=O) groups excluding carboxylic acids is 1. The molecular formula is C18H19F3N2O4S. The van der Waals surface area contributed by atoms with Crippen molar-refractivity contribution in [1.82, 2.24) is 0 Å². The van der Waals surface area contributed by atoms with Crippen LogP contribution < -0.4 is 15.2 Å². The molecule has 2 aromatic rings. The van der Waals surface area contributed by atoms with Crippen molar-refractivity contribution in [3.05, 3.63) is 53.1 Å². The van der Waals surface area contributed by atoms with Gasteiger partial charge >= 0.3 is 6.18 Å². The minimum Gasteiger partial charge on any atom is -0.491 e. The third-order valence-corrected chi connectivity index (χ3v) is 4.83. The third-order valence-electron chi connectivity index (χ3n) is 3.77. The second kappa shape index (κ2) is 8.19. The number of benzene rings is 2. The highest BCUT2D eigenvalue weighted by atomic mass is 32.2. The third kappa shape index (κ3) is 5.23. The highest BCUT2D eigenvalue weighted by molar-refractivity contribution is 7.89. The van der Waals surface area contributed by atoms with Gasteiger partial charge in [0, 0.05) is 5.56 Å². The quantitative estimate of drug-likeness (QED) is 0.750. The molecule has 0 aromatic heterocycles. The summed E-state index contributed by atoms with van der Waals surface area (Å²) in [4.78, 5) is 12.3. The number of alkyl halides is 3. The van der Waals surface area contributed by atoms with Crippen molar-refractivity contribution in [2.45, 2.75) is 31.3 Å². The number of nitrogens with one attached hydrogen (secondary N) is 1. The Kier molecular flexibility index (Phi) is 6.35. The molecule has 0 atom stereocenters. The van der Waals surface area contributed by atoms with Gasteiger partial charge in [-0.15, -0.1) is 0 Å². The maximum absolute atomic E-state index is 13.0. The number of rotatable bonds is 6. The highest BCUT2D eigenvalue weighted by Gasteiger charge is 2.31. The van der Waals surface area contributed by atoms with Crippen LogP contribution in [0.15, 0.2) is 41.3 Å². The zero-order valence-corrected chi connectivity index (χ0v) is 15.9. The fourth-order valence-electron chi connectivity index (χ4n) is 2.38. The highest BCUT2D eigenvalue weighted by Crippen LogP contribution is 2.35. The van der Waals surface area contributed by atoms with Gasteiger partial charge in [0.05, 0.1) is 22.8 Å². The average Bonchev–Trinajstić information content (AvgIpc) is 2.59. The predicted molar refractivity (Wildman–Crippen MR) is 97.7 cm³/mol. The first kappa shape index (κ1) is 21.7. The molecule has 6 nitrogen and oxygen atoms in total. The Hall–Kier alpha value is -2.59. The molecule has 0 aliphatic carbocycles. The van der Waals surface area contributed by atoms with E-state index < -0.39 is 27.7 Å². The zero-order chi connectivity index (χ0) is 21.1. The van der Waals surface area contributed by atoms with Gasteiger partial charge in [-0.3, -0.25) is 4.79 Å². The zero-order valence-electron chi connectivity index (χ0n) is 15.1. The van der Waals surface area contributed by atoms with Crippen molar-refractivity contribution < 1.29 is 31.1 Å². The summed E-state index contributed by atoms with van der Waals surface area (Å²) < 4.78 is 67.6. The lowest BCUT2D eigenvalue weighted by molar-refractivity contribution is -0.137. The van der Waals surface area contributed by atoms with E-state index in [1.54, 1.807) is 0 Å². The maximum atomic E-state index is 13.0. The van der Waals surface area contributed by atoms with Gasteiger partial charge in [0.15, 0.2) is 0 Å². The van der Waals surface area contributed by atoms with Gasteiger partial charge < -0.3 is 10.1 Å². The van der Waals surface area contributed by atoms with Crippen LogP contribution in [0, 0.1) is 6.92 Å². The molecule has 0 unspecified atom stereocenters. The summed E-state index contributed by atoms with van der Waals surface area (Å²) in [5.41, 5.74) is -0.870. The number of amides is 1. The largest absolute Gasteiger partial charge is 0.491 e. The summed E-state index contributed by atoms with van der Waals surface area (Å²) in [5.74, 6) is -0.729. The smallest absolute Gasteiger partial charge is 0.416 e. The average molecular weight is 416 g/mol. The van der Waals surface area contributed by atoms with Crippen molar-refractivity contribution in [1.29, 1.82) is 0 Å². The molecule has 0 bridgehead atoms. The van der Waals surface area contributed by atoms with Gasteiger partial charge in [-0.2, -0.15) is 13.2 Å². The molecule has 0 spiro atoms. The van der Waals surface area contributed by atoms with Crippen LogP contribution >= 0.6 is 0 Å². The first-order valence-electron chi connectivity index (χ1n) is 8.22. The molecule has 0 saturated heterocycles. The minimum atomic E-state index is -4.60. The van der Waals surface area contributed by atoms with Crippen molar-refractivity contribution in [2.24, 2.45) is 5.14 Å². The SMILES string of the molecule is CCCOc1ccc(C(F)(F)F)cc1NC(=O)c1ccc(C)c(S(N)(=O)=O)c1. The van der Waals surface area contributed by atoms with E-state index in [1.165, 1.54) is 19.1 Å². The molecule has 1 amide bonds. The molecule has 0 fully saturated rings. The lowest BCUT2D eigenvalue weighted by atomic mass is 10.1. The van der Waals surface area contributed by atoms with Crippen LogP contribution in [0.2, 0.25) is 0 Å². The molecule has 0 radical (unpaired) electrons. The van der Waals surface area contributed by atoms with Crippen molar-refractivity contribution in [2.75, 3.05) is 11.9 Å². The Morgan fingerprint density at radius 3 is 2.43 bits per heavy atom. The maximum Gasteiger partial charge on any atom is 0.416 e. The Bertz CT molecular complexity index is 989. The lowest BCUT2D eigenvalue weighted by Crippen LogP contribution is -2.17. The van der Waals surface area contributed by atoms with E-state index in [1.807, 2.05) is 6.92 Å². The topological polar surface area (TPSA) is 98.5 Å². The lowest BCUT2D eigenvalue weighted by Gasteiger charge is -2.15. The van der Waals surface area contributed by atoms with E-state index >= 15 is 0 Å². The van der Waals surface area contributed by atoms with Gasteiger partial charge in [0.25, 0.3) is 5.91 Å². The Morgan fingerprint density at radius 1 is 1.18 bits per heavy atom. The number of nitrogens with two attached hydrogens (primary N) is 1. The molecule has 152 valence electrons. The van der Waals surface area contributed by atoms with Gasteiger partial charge in [0.1, 0.15) is 5.75 Å². The van der Waals surface area contributed by atoms with E-state index in [9.17, 15) is 26.4 Å².